The maximum absolute atomic E-state index is 8.55. The van der Waals surface area contributed by atoms with Crippen molar-refractivity contribution in [1.29, 1.82) is 5.26 Å². The topological polar surface area (TPSA) is 23.8 Å². The zero-order valence-electron chi connectivity index (χ0n) is 5.93. The Morgan fingerprint density at radius 2 is 2.00 bits per heavy atom. The lowest BCUT2D eigenvalue weighted by Gasteiger charge is -2.08. The maximum atomic E-state index is 8.55. The van der Waals surface area contributed by atoms with Gasteiger partial charge in [-0.05, 0) is 25.7 Å². The second-order valence-electron chi connectivity index (χ2n) is 2.96. The zero-order chi connectivity index (χ0) is 6.69. The predicted octanol–water partition coefficient (Wildman–Crippen LogP) is 2.34. The van der Waals surface area contributed by atoms with E-state index in [9.17, 15) is 0 Å². The third-order valence-corrected chi connectivity index (χ3v) is 2.31. The van der Waals surface area contributed by atoms with Crippen LogP contribution in [0.4, 0.5) is 0 Å². The first kappa shape index (κ1) is 6.61. The van der Waals surface area contributed by atoms with Crippen LogP contribution >= 0.6 is 0 Å². The quantitative estimate of drug-likeness (QED) is 0.525. The van der Waals surface area contributed by atoms with Gasteiger partial charge in [0.15, 0.2) is 0 Å². The highest BCUT2D eigenvalue weighted by Crippen LogP contribution is 2.30. The van der Waals surface area contributed by atoms with Crippen molar-refractivity contribution in [2.75, 3.05) is 0 Å². The van der Waals surface area contributed by atoms with Crippen molar-refractivity contribution in [2.45, 2.75) is 32.6 Å². The highest BCUT2D eigenvalue weighted by molar-refractivity contribution is 4.86. The van der Waals surface area contributed by atoms with Crippen LogP contribution in [0.1, 0.15) is 32.6 Å². The van der Waals surface area contributed by atoms with Gasteiger partial charge in [0.1, 0.15) is 0 Å². The molecule has 9 heavy (non-hydrogen) atoms. The van der Waals surface area contributed by atoms with Crippen LogP contribution in [0.15, 0.2) is 0 Å². The summed E-state index contributed by atoms with van der Waals surface area (Å²) in [6, 6.07) is 2.31. The molecule has 1 rings (SSSR count). The van der Waals surface area contributed by atoms with Crippen LogP contribution in [0, 0.1) is 23.2 Å². The maximum Gasteiger partial charge on any atom is 0.0655 e. The molecule has 0 aliphatic heterocycles. The van der Waals surface area contributed by atoms with Crippen molar-refractivity contribution in [1.82, 2.24) is 0 Å². The molecule has 1 fully saturated rings. The van der Waals surface area contributed by atoms with E-state index in [4.69, 9.17) is 5.26 Å². The fourth-order valence-electron chi connectivity index (χ4n) is 1.56. The predicted molar refractivity (Wildman–Crippen MR) is 36.7 cm³/mol. The lowest BCUT2D eigenvalue weighted by molar-refractivity contribution is 0.443. The van der Waals surface area contributed by atoms with Crippen molar-refractivity contribution in [3.05, 3.63) is 0 Å². The van der Waals surface area contributed by atoms with Gasteiger partial charge in [0.05, 0.1) is 6.07 Å². The van der Waals surface area contributed by atoms with Gasteiger partial charge in [-0.15, -0.1) is 0 Å². The number of nitriles is 1. The Bertz CT molecular complexity index is 117. The van der Waals surface area contributed by atoms with Gasteiger partial charge in [0.2, 0.25) is 0 Å². The Kier molecular flexibility index (Phi) is 2.10. The Morgan fingerprint density at radius 1 is 1.44 bits per heavy atom. The monoisotopic (exact) mass is 123 g/mol. The second-order valence-corrected chi connectivity index (χ2v) is 2.96. The van der Waals surface area contributed by atoms with E-state index in [0.29, 0.717) is 5.92 Å². The lowest BCUT2D eigenvalue weighted by atomic mass is 9.94. The Balaban J connectivity index is 2.34. The molecule has 0 spiro atoms. The van der Waals surface area contributed by atoms with Crippen LogP contribution < -0.4 is 0 Å². The SMILES string of the molecule is C[C@H](C#N)C1CCCC1. The summed E-state index contributed by atoms with van der Waals surface area (Å²) in [5.41, 5.74) is 0. The number of rotatable bonds is 1. The average Bonchev–Trinajstić information content (AvgIpc) is 2.37. The van der Waals surface area contributed by atoms with E-state index in [1.807, 2.05) is 6.92 Å². The minimum atomic E-state index is 0.299. The minimum absolute atomic E-state index is 0.299. The van der Waals surface area contributed by atoms with Crippen LogP contribution in [0.2, 0.25) is 0 Å². The average molecular weight is 123 g/mol. The van der Waals surface area contributed by atoms with Gasteiger partial charge in [0, 0.05) is 5.92 Å². The van der Waals surface area contributed by atoms with Crippen molar-refractivity contribution in [3.8, 4) is 6.07 Å². The molecular weight excluding hydrogens is 110 g/mol. The van der Waals surface area contributed by atoms with Gasteiger partial charge in [-0.25, -0.2) is 0 Å². The lowest BCUT2D eigenvalue weighted by Crippen LogP contribution is -2.03. The molecule has 0 unspecified atom stereocenters. The van der Waals surface area contributed by atoms with E-state index in [1.165, 1.54) is 25.7 Å². The molecule has 1 heteroatoms. The normalized spacial score (nSPS) is 23.6. The standard InChI is InChI=1S/C8H13N/c1-7(6-9)8-4-2-3-5-8/h7-8H,2-5H2,1H3/t7-/m1/s1. The van der Waals surface area contributed by atoms with E-state index in [2.05, 4.69) is 6.07 Å². The minimum Gasteiger partial charge on any atom is -0.198 e. The highest BCUT2D eigenvalue weighted by atomic mass is 14.3. The van der Waals surface area contributed by atoms with E-state index in [1.54, 1.807) is 0 Å². The summed E-state index contributed by atoms with van der Waals surface area (Å²) in [5, 5.41) is 8.55. The molecule has 0 aromatic rings. The zero-order valence-corrected chi connectivity index (χ0v) is 5.93. The van der Waals surface area contributed by atoms with E-state index < -0.39 is 0 Å². The van der Waals surface area contributed by atoms with Crippen molar-refractivity contribution in [2.24, 2.45) is 11.8 Å². The number of hydrogen-bond donors (Lipinski definition) is 0. The summed E-state index contributed by atoms with van der Waals surface area (Å²) in [4.78, 5) is 0. The summed E-state index contributed by atoms with van der Waals surface area (Å²) < 4.78 is 0. The van der Waals surface area contributed by atoms with Gasteiger partial charge < -0.3 is 0 Å². The number of hydrogen-bond acceptors (Lipinski definition) is 1. The molecule has 1 nitrogen and oxygen atoms in total. The van der Waals surface area contributed by atoms with Crippen LogP contribution in [-0.2, 0) is 0 Å². The largest absolute Gasteiger partial charge is 0.198 e. The molecule has 0 amide bonds. The molecule has 0 heterocycles. The van der Waals surface area contributed by atoms with Crippen molar-refractivity contribution < 1.29 is 0 Å². The summed E-state index contributed by atoms with van der Waals surface area (Å²) in [7, 11) is 0. The summed E-state index contributed by atoms with van der Waals surface area (Å²) >= 11 is 0. The smallest absolute Gasteiger partial charge is 0.0655 e. The summed E-state index contributed by atoms with van der Waals surface area (Å²) in [6.45, 7) is 2.04. The molecular formula is C8H13N. The summed E-state index contributed by atoms with van der Waals surface area (Å²) in [5.74, 6) is 1.02. The Morgan fingerprint density at radius 3 is 2.44 bits per heavy atom. The summed E-state index contributed by atoms with van der Waals surface area (Å²) in [6.07, 6.45) is 5.26. The fraction of sp³-hybridized carbons (Fsp3) is 0.875. The van der Waals surface area contributed by atoms with Gasteiger partial charge in [-0.3, -0.25) is 0 Å². The molecule has 0 radical (unpaired) electrons. The fourth-order valence-corrected chi connectivity index (χ4v) is 1.56. The first-order valence-corrected chi connectivity index (χ1v) is 3.74. The molecule has 1 aliphatic rings. The van der Waals surface area contributed by atoms with E-state index >= 15 is 0 Å². The molecule has 0 saturated heterocycles. The molecule has 1 atom stereocenters. The molecule has 0 N–H and O–H groups in total. The van der Waals surface area contributed by atoms with Crippen LogP contribution in [0.5, 0.6) is 0 Å². The molecule has 50 valence electrons. The van der Waals surface area contributed by atoms with Gasteiger partial charge in [-0.1, -0.05) is 12.8 Å². The third-order valence-electron chi connectivity index (χ3n) is 2.31. The molecule has 0 aromatic heterocycles. The van der Waals surface area contributed by atoms with Gasteiger partial charge in [0.25, 0.3) is 0 Å². The van der Waals surface area contributed by atoms with E-state index in [0.717, 1.165) is 5.92 Å². The molecule has 0 bridgehead atoms. The molecule has 1 saturated carbocycles. The van der Waals surface area contributed by atoms with Crippen molar-refractivity contribution in [3.63, 3.8) is 0 Å². The molecule has 1 aliphatic carbocycles. The van der Waals surface area contributed by atoms with Crippen LogP contribution in [-0.4, -0.2) is 0 Å². The second kappa shape index (κ2) is 2.87. The van der Waals surface area contributed by atoms with Crippen LogP contribution in [0.25, 0.3) is 0 Å². The van der Waals surface area contributed by atoms with Gasteiger partial charge in [-0.2, -0.15) is 5.26 Å². The first-order valence-electron chi connectivity index (χ1n) is 3.74. The Hall–Kier alpha value is -0.510. The Labute approximate surface area is 56.7 Å². The molecule has 0 aromatic carbocycles. The number of nitrogens with zero attached hydrogens (tertiary/aromatic N) is 1. The highest BCUT2D eigenvalue weighted by Gasteiger charge is 2.20. The third kappa shape index (κ3) is 1.45. The van der Waals surface area contributed by atoms with Crippen molar-refractivity contribution >= 4 is 0 Å². The first-order chi connectivity index (χ1) is 4.34. The van der Waals surface area contributed by atoms with Crippen LogP contribution in [0.3, 0.4) is 0 Å². The van der Waals surface area contributed by atoms with Gasteiger partial charge >= 0.3 is 0 Å². The van der Waals surface area contributed by atoms with E-state index in [-0.39, 0.29) is 0 Å².